The highest BCUT2D eigenvalue weighted by Gasteiger charge is 2.17. The highest BCUT2D eigenvalue weighted by Crippen LogP contribution is 2.24. The fraction of sp³-hybridized carbons (Fsp3) is 0.278. The maximum atomic E-state index is 12.5. The predicted octanol–water partition coefficient (Wildman–Crippen LogP) is 3.02. The number of anilines is 1. The van der Waals surface area contributed by atoms with E-state index in [0.29, 0.717) is 18.0 Å². The Bertz CT molecular complexity index is 848. The van der Waals surface area contributed by atoms with Crippen LogP contribution in [-0.4, -0.2) is 27.0 Å². The first-order valence-electron chi connectivity index (χ1n) is 7.99. The summed E-state index contributed by atoms with van der Waals surface area (Å²) in [6.07, 6.45) is 0. The van der Waals surface area contributed by atoms with Crippen molar-refractivity contribution < 1.29 is 17.9 Å². The molecule has 6 nitrogen and oxygen atoms in total. The number of ether oxygens (including phenoxy) is 1. The van der Waals surface area contributed by atoms with Crippen LogP contribution in [0.25, 0.3) is 0 Å². The van der Waals surface area contributed by atoms with Crippen LogP contribution >= 0.6 is 0 Å². The first kappa shape index (κ1) is 19.0. The molecule has 0 aliphatic rings. The first-order valence-corrected chi connectivity index (χ1v) is 9.47. The van der Waals surface area contributed by atoms with Crippen LogP contribution in [0.3, 0.4) is 0 Å². The van der Waals surface area contributed by atoms with Crippen LogP contribution in [0, 0.1) is 0 Å². The number of hydrogen-bond donors (Lipinski definition) is 2. The van der Waals surface area contributed by atoms with Gasteiger partial charge in [0.2, 0.25) is 10.0 Å². The second kappa shape index (κ2) is 8.13. The van der Waals surface area contributed by atoms with Crippen LogP contribution in [0.4, 0.5) is 5.69 Å². The van der Waals surface area contributed by atoms with Gasteiger partial charge < -0.3 is 10.1 Å². The molecule has 25 heavy (non-hydrogen) atoms. The fourth-order valence-electron chi connectivity index (χ4n) is 2.23. The van der Waals surface area contributed by atoms with Crippen molar-refractivity contribution in [1.82, 2.24) is 4.72 Å². The van der Waals surface area contributed by atoms with Crippen molar-refractivity contribution in [2.75, 3.05) is 11.9 Å². The van der Waals surface area contributed by atoms with Crippen LogP contribution in [-0.2, 0) is 10.0 Å². The summed E-state index contributed by atoms with van der Waals surface area (Å²) in [5.74, 6) is 0.150. The summed E-state index contributed by atoms with van der Waals surface area (Å²) < 4.78 is 32.5. The van der Waals surface area contributed by atoms with E-state index in [4.69, 9.17) is 4.74 Å². The van der Waals surface area contributed by atoms with Gasteiger partial charge in [-0.1, -0.05) is 18.2 Å². The Morgan fingerprint density at radius 3 is 2.52 bits per heavy atom. The van der Waals surface area contributed by atoms with Gasteiger partial charge in [-0.3, -0.25) is 4.79 Å². The SMILES string of the molecule is CCOc1ccccc1NC(=O)c1cccc(S(=O)(=O)NC(C)C)c1. The lowest BCUT2D eigenvalue weighted by molar-refractivity contribution is 0.102. The molecule has 1 amide bonds. The molecule has 2 aromatic rings. The smallest absolute Gasteiger partial charge is 0.255 e. The Morgan fingerprint density at radius 2 is 1.84 bits per heavy atom. The molecule has 0 heterocycles. The van der Waals surface area contributed by atoms with E-state index < -0.39 is 15.9 Å². The quantitative estimate of drug-likeness (QED) is 0.793. The molecule has 0 saturated carbocycles. The predicted molar refractivity (Wildman–Crippen MR) is 97.5 cm³/mol. The van der Waals surface area contributed by atoms with E-state index in [9.17, 15) is 13.2 Å². The molecule has 0 aromatic heterocycles. The maximum absolute atomic E-state index is 12.5. The number of sulfonamides is 1. The van der Waals surface area contributed by atoms with Gasteiger partial charge in [0.05, 0.1) is 17.2 Å². The number of hydrogen-bond acceptors (Lipinski definition) is 4. The summed E-state index contributed by atoms with van der Waals surface area (Å²) in [6, 6.07) is 12.7. The van der Waals surface area contributed by atoms with E-state index in [2.05, 4.69) is 10.0 Å². The van der Waals surface area contributed by atoms with Gasteiger partial charge in [0.1, 0.15) is 5.75 Å². The summed E-state index contributed by atoms with van der Waals surface area (Å²) in [5.41, 5.74) is 0.779. The van der Waals surface area contributed by atoms with E-state index in [0.717, 1.165) is 0 Å². The highest BCUT2D eigenvalue weighted by molar-refractivity contribution is 7.89. The number of amides is 1. The molecular formula is C18H22N2O4S. The summed E-state index contributed by atoms with van der Waals surface area (Å²) >= 11 is 0. The number of benzene rings is 2. The molecule has 0 atom stereocenters. The summed E-state index contributed by atoms with van der Waals surface area (Å²) in [6.45, 7) is 5.80. The number of carbonyl (C=O) groups is 1. The lowest BCUT2D eigenvalue weighted by Crippen LogP contribution is -2.30. The summed E-state index contributed by atoms with van der Waals surface area (Å²) in [5, 5.41) is 2.75. The molecule has 134 valence electrons. The first-order chi connectivity index (χ1) is 11.8. The van der Waals surface area contributed by atoms with Gasteiger partial charge in [0, 0.05) is 11.6 Å². The summed E-state index contributed by atoms with van der Waals surface area (Å²) in [4.78, 5) is 12.5. The molecule has 7 heteroatoms. The van der Waals surface area contributed by atoms with E-state index in [1.807, 2.05) is 13.0 Å². The zero-order valence-electron chi connectivity index (χ0n) is 14.4. The minimum Gasteiger partial charge on any atom is -0.492 e. The average Bonchev–Trinajstić information content (AvgIpc) is 2.56. The van der Waals surface area contributed by atoms with Gasteiger partial charge in [-0.2, -0.15) is 0 Å². The van der Waals surface area contributed by atoms with E-state index in [1.54, 1.807) is 38.1 Å². The average molecular weight is 362 g/mol. The lowest BCUT2D eigenvalue weighted by atomic mass is 10.2. The second-order valence-electron chi connectivity index (χ2n) is 5.69. The van der Waals surface area contributed by atoms with Crippen LogP contribution in [0.2, 0.25) is 0 Å². The highest BCUT2D eigenvalue weighted by atomic mass is 32.2. The largest absolute Gasteiger partial charge is 0.492 e. The van der Waals surface area contributed by atoms with Gasteiger partial charge >= 0.3 is 0 Å². The third-order valence-corrected chi connectivity index (χ3v) is 4.89. The molecule has 0 spiro atoms. The van der Waals surface area contributed by atoms with Crippen molar-refractivity contribution in [2.45, 2.75) is 31.7 Å². The standard InChI is InChI=1S/C18H22N2O4S/c1-4-24-17-11-6-5-10-16(17)19-18(21)14-8-7-9-15(12-14)25(22,23)20-13(2)3/h5-13,20H,4H2,1-3H3,(H,19,21). The van der Waals surface area contributed by atoms with E-state index in [1.165, 1.54) is 18.2 Å². The molecule has 0 aliphatic heterocycles. The van der Waals surface area contributed by atoms with E-state index >= 15 is 0 Å². The van der Waals surface area contributed by atoms with Crippen LogP contribution in [0.15, 0.2) is 53.4 Å². The Kier molecular flexibility index (Phi) is 6.17. The molecular weight excluding hydrogens is 340 g/mol. The molecule has 2 N–H and O–H groups in total. The molecule has 0 bridgehead atoms. The van der Waals surface area contributed by atoms with Crippen LogP contribution in [0.5, 0.6) is 5.75 Å². The van der Waals surface area contributed by atoms with Crippen LogP contribution < -0.4 is 14.8 Å². The number of rotatable bonds is 7. The van der Waals surface area contributed by atoms with Crippen molar-refractivity contribution in [3.05, 3.63) is 54.1 Å². The Labute approximate surface area is 148 Å². The number of nitrogens with one attached hydrogen (secondary N) is 2. The Balaban J connectivity index is 2.25. The van der Waals surface area contributed by atoms with Crippen LogP contribution in [0.1, 0.15) is 31.1 Å². The van der Waals surface area contributed by atoms with E-state index in [-0.39, 0.29) is 16.5 Å². The third kappa shape index (κ3) is 5.04. The monoisotopic (exact) mass is 362 g/mol. The van der Waals surface area contributed by atoms with Crippen molar-refractivity contribution >= 4 is 21.6 Å². The second-order valence-corrected chi connectivity index (χ2v) is 7.40. The molecule has 0 aliphatic carbocycles. The molecule has 0 fully saturated rings. The topological polar surface area (TPSA) is 84.5 Å². The van der Waals surface area contributed by atoms with Crippen molar-refractivity contribution in [1.29, 1.82) is 0 Å². The van der Waals surface area contributed by atoms with Gasteiger partial charge in [0.15, 0.2) is 0 Å². The number of para-hydroxylation sites is 2. The maximum Gasteiger partial charge on any atom is 0.255 e. The lowest BCUT2D eigenvalue weighted by Gasteiger charge is -2.12. The molecule has 0 saturated heterocycles. The van der Waals surface area contributed by atoms with Gasteiger partial charge in [-0.05, 0) is 51.1 Å². The van der Waals surface area contributed by atoms with Crippen molar-refractivity contribution in [2.24, 2.45) is 0 Å². The van der Waals surface area contributed by atoms with Gasteiger partial charge in [-0.25, -0.2) is 13.1 Å². The summed E-state index contributed by atoms with van der Waals surface area (Å²) in [7, 11) is -3.66. The number of carbonyl (C=O) groups excluding carboxylic acids is 1. The normalized spacial score (nSPS) is 11.4. The van der Waals surface area contributed by atoms with Crippen molar-refractivity contribution in [3.8, 4) is 5.75 Å². The van der Waals surface area contributed by atoms with Crippen molar-refractivity contribution in [3.63, 3.8) is 0 Å². The minimum atomic E-state index is -3.66. The Hall–Kier alpha value is -2.38. The molecule has 2 rings (SSSR count). The zero-order chi connectivity index (χ0) is 18.4. The van der Waals surface area contributed by atoms with Gasteiger partial charge in [0.25, 0.3) is 5.91 Å². The van der Waals surface area contributed by atoms with Gasteiger partial charge in [-0.15, -0.1) is 0 Å². The minimum absolute atomic E-state index is 0.0481. The molecule has 2 aromatic carbocycles. The fourth-order valence-corrected chi connectivity index (χ4v) is 3.53. The molecule has 0 radical (unpaired) electrons. The molecule has 0 unspecified atom stereocenters. The Morgan fingerprint density at radius 1 is 1.12 bits per heavy atom. The third-order valence-electron chi connectivity index (χ3n) is 3.23. The zero-order valence-corrected chi connectivity index (χ0v) is 15.3.